The van der Waals surface area contributed by atoms with Crippen molar-refractivity contribution in [2.75, 3.05) is 6.54 Å². The smallest absolute Gasteiger partial charge is 0.406 e. The van der Waals surface area contributed by atoms with E-state index < -0.39 is 36.1 Å². The van der Waals surface area contributed by atoms with Gasteiger partial charge in [-0.1, -0.05) is 0 Å². The number of carbonyl (C=O) groups is 2. The van der Waals surface area contributed by atoms with Crippen LogP contribution in [0.25, 0.3) is 0 Å². The van der Waals surface area contributed by atoms with Gasteiger partial charge in [-0.2, -0.15) is 13.2 Å². The van der Waals surface area contributed by atoms with E-state index in [1.54, 1.807) is 0 Å². The van der Waals surface area contributed by atoms with Crippen LogP contribution in [0, 0.1) is 5.41 Å². The molecule has 98 valence electrons. The van der Waals surface area contributed by atoms with E-state index >= 15 is 0 Å². The topological polar surface area (TPSA) is 57.6 Å². The van der Waals surface area contributed by atoms with Crippen molar-refractivity contribution in [3.63, 3.8) is 0 Å². The van der Waals surface area contributed by atoms with E-state index in [0.717, 1.165) is 13.8 Å². The monoisotopic (exact) mass is 253 g/mol. The molecule has 0 unspecified atom stereocenters. The first kappa shape index (κ1) is 13.8. The molecule has 7 heteroatoms. The largest absolute Gasteiger partial charge is 0.480 e. The average Bonchev–Trinajstić information content (AvgIpc) is 2.94. The number of nitrogens with zero attached hydrogens (tertiary/aromatic N) is 1. The first-order chi connectivity index (χ1) is 7.55. The summed E-state index contributed by atoms with van der Waals surface area (Å²) in [6, 6.07) is -0.470. The molecule has 4 nitrogen and oxygen atoms in total. The Balaban J connectivity index is 2.85. The summed E-state index contributed by atoms with van der Waals surface area (Å²) in [5.74, 6) is -2.40. The van der Waals surface area contributed by atoms with E-state index in [9.17, 15) is 22.8 Å². The molecule has 0 spiro atoms. The van der Waals surface area contributed by atoms with Crippen molar-refractivity contribution >= 4 is 11.9 Å². The van der Waals surface area contributed by atoms with Gasteiger partial charge in [-0.15, -0.1) is 0 Å². The van der Waals surface area contributed by atoms with Crippen molar-refractivity contribution in [1.82, 2.24) is 4.90 Å². The molecule has 1 saturated carbocycles. The molecule has 1 fully saturated rings. The van der Waals surface area contributed by atoms with Crippen LogP contribution in [0.15, 0.2) is 0 Å². The Kier molecular flexibility index (Phi) is 3.40. The van der Waals surface area contributed by atoms with Crippen molar-refractivity contribution in [3.8, 4) is 0 Å². The van der Waals surface area contributed by atoms with Crippen LogP contribution in [-0.2, 0) is 9.59 Å². The molecule has 0 aromatic rings. The van der Waals surface area contributed by atoms with Crippen LogP contribution < -0.4 is 0 Å². The summed E-state index contributed by atoms with van der Waals surface area (Å²) in [4.78, 5) is 23.3. The number of hydrogen-bond acceptors (Lipinski definition) is 2. The quantitative estimate of drug-likeness (QED) is 0.775. The van der Waals surface area contributed by atoms with Crippen LogP contribution in [0.2, 0.25) is 0 Å². The second-order valence-corrected chi connectivity index (χ2v) is 4.71. The predicted molar refractivity (Wildman–Crippen MR) is 52.2 cm³/mol. The summed E-state index contributed by atoms with van der Waals surface area (Å²) < 4.78 is 36.9. The summed E-state index contributed by atoms with van der Waals surface area (Å²) >= 11 is 0. The van der Waals surface area contributed by atoms with Crippen molar-refractivity contribution in [2.45, 2.75) is 38.9 Å². The van der Waals surface area contributed by atoms with Gasteiger partial charge in [-0.3, -0.25) is 9.59 Å². The number of carboxylic acids is 1. The van der Waals surface area contributed by atoms with Crippen LogP contribution in [0.5, 0.6) is 0 Å². The van der Waals surface area contributed by atoms with E-state index in [4.69, 9.17) is 5.11 Å². The lowest BCUT2D eigenvalue weighted by atomic mass is 9.91. The normalized spacial score (nSPS) is 16.8. The molecular formula is C10H14F3NO3. The van der Waals surface area contributed by atoms with E-state index in [0.29, 0.717) is 17.7 Å². The minimum atomic E-state index is -4.51. The zero-order valence-corrected chi connectivity index (χ0v) is 9.54. The van der Waals surface area contributed by atoms with Gasteiger partial charge in [-0.05, 0) is 26.7 Å². The molecule has 0 bridgehead atoms. The molecule has 0 heterocycles. The highest BCUT2D eigenvalue weighted by molar-refractivity contribution is 6.01. The van der Waals surface area contributed by atoms with E-state index in [1.807, 2.05) is 0 Å². The van der Waals surface area contributed by atoms with E-state index in [-0.39, 0.29) is 0 Å². The van der Waals surface area contributed by atoms with Crippen molar-refractivity contribution in [2.24, 2.45) is 5.41 Å². The van der Waals surface area contributed by atoms with Crippen LogP contribution in [0.4, 0.5) is 13.2 Å². The fraction of sp³-hybridized carbons (Fsp3) is 0.800. The van der Waals surface area contributed by atoms with Gasteiger partial charge in [0.25, 0.3) is 0 Å². The maximum Gasteiger partial charge on any atom is 0.406 e. The molecule has 0 aliphatic heterocycles. The van der Waals surface area contributed by atoms with E-state index in [2.05, 4.69) is 0 Å². The summed E-state index contributed by atoms with van der Waals surface area (Å²) in [6.45, 7) is 0.847. The molecule has 0 saturated heterocycles. The number of rotatable bonds is 4. The third kappa shape index (κ3) is 3.34. The molecule has 0 aromatic carbocycles. The average molecular weight is 253 g/mol. The molecule has 0 atom stereocenters. The Labute approximate surface area is 96.4 Å². The fourth-order valence-corrected chi connectivity index (χ4v) is 1.40. The highest BCUT2D eigenvalue weighted by atomic mass is 19.4. The molecule has 1 aliphatic rings. The molecular weight excluding hydrogens is 239 g/mol. The minimum Gasteiger partial charge on any atom is -0.480 e. The number of carbonyl (C=O) groups excluding carboxylic acids is 1. The molecule has 1 N–H and O–H groups in total. The zero-order chi connectivity index (χ0) is 13.4. The molecule has 1 aliphatic carbocycles. The maximum absolute atomic E-state index is 12.3. The standard InChI is InChI=1S/C10H14F3NO3/c1-9(2,8(16)17)7(15)14(6-3-4-6)5-10(11,12)13/h6H,3-5H2,1-2H3,(H,16,17). The Bertz CT molecular complexity index is 334. The summed E-state index contributed by atoms with van der Waals surface area (Å²) in [7, 11) is 0. The van der Waals surface area contributed by atoms with Crippen LogP contribution >= 0.6 is 0 Å². The highest BCUT2D eigenvalue weighted by Crippen LogP contribution is 2.33. The van der Waals surface area contributed by atoms with Crippen LogP contribution in [0.3, 0.4) is 0 Å². The first-order valence-corrected chi connectivity index (χ1v) is 5.17. The first-order valence-electron chi connectivity index (χ1n) is 5.17. The molecule has 0 aromatic heterocycles. The van der Waals surface area contributed by atoms with Crippen LogP contribution in [0.1, 0.15) is 26.7 Å². The molecule has 0 radical (unpaired) electrons. The van der Waals surface area contributed by atoms with Gasteiger partial charge in [0.2, 0.25) is 5.91 Å². The number of halogens is 3. The molecule has 1 amide bonds. The summed E-state index contributed by atoms with van der Waals surface area (Å²) in [6.07, 6.45) is -3.51. The number of hydrogen-bond donors (Lipinski definition) is 1. The Morgan fingerprint density at radius 2 is 1.76 bits per heavy atom. The summed E-state index contributed by atoms with van der Waals surface area (Å²) in [5, 5.41) is 8.83. The Morgan fingerprint density at radius 3 is 2.06 bits per heavy atom. The number of amides is 1. The van der Waals surface area contributed by atoms with Gasteiger partial charge in [-0.25, -0.2) is 0 Å². The zero-order valence-electron chi connectivity index (χ0n) is 9.54. The lowest BCUT2D eigenvalue weighted by Gasteiger charge is -2.30. The lowest BCUT2D eigenvalue weighted by molar-refractivity contribution is -0.173. The lowest BCUT2D eigenvalue weighted by Crippen LogP contribution is -2.49. The second kappa shape index (κ2) is 4.19. The van der Waals surface area contributed by atoms with Crippen molar-refractivity contribution in [1.29, 1.82) is 0 Å². The maximum atomic E-state index is 12.3. The number of aliphatic carboxylic acids is 1. The van der Waals surface area contributed by atoms with Crippen molar-refractivity contribution < 1.29 is 27.9 Å². The van der Waals surface area contributed by atoms with Gasteiger partial charge < -0.3 is 10.0 Å². The highest BCUT2D eigenvalue weighted by Gasteiger charge is 2.47. The SMILES string of the molecule is CC(C)(C(=O)O)C(=O)N(CC(F)(F)F)C1CC1. The Morgan fingerprint density at radius 1 is 1.29 bits per heavy atom. The van der Waals surface area contributed by atoms with Crippen LogP contribution in [-0.4, -0.2) is 40.6 Å². The number of alkyl halides is 3. The summed E-state index contributed by atoms with van der Waals surface area (Å²) in [5.41, 5.74) is -1.83. The predicted octanol–water partition coefficient (Wildman–Crippen LogP) is 1.65. The van der Waals surface area contributed by atoms with Gasteiger partial charge in [0.1, 0.15) is 12.0 Å². The Hall–Kier alpha value is -1.27. The minimum absolute atomic E-state index is 0.470. The van der Waals surface area contributed by atoms with Crippen molar-refractivity contribution in [3.05, 3.63) is 0 Å². The third-order valence-corrected chi connectivity index (χ3v) is 2.67. The van der Waals surface area contributed by atoms with Gasteiger partial charge in [0, 0.05) is 6.04 Å². The third-order valence-electron chi connectivity index (χ3n) is 2.67. The fourth-order valence-electron chi connectivity index (χ4n) is 1.40. The molecule has 17 heavy (non-hydrogen) atoms. The second-order valence-electron chi connectivity index (χ2n) is 4.71. The van der Waals surface area contributed by atoms with Gasteiger partial charge in [0.15, 0.2) is 0 Å². The van der Waals surface area contributed by atoms with Gasteiger partial charge in [0.05, 0.1) is 0 Å². The number of carboxylic acid groups (broad SMARTS) is 1. The van der Waals surface area contributed by atoms with E-state index in [1.165, 1.54) is 0 Å². The molecule has 1 rings (SSSR count). The van der Waals surface area contributed by atoms with Gasteiger partial charge >= 0.3 is 12.1 Å².